The molecule has 1 aromatic heterocycles. The Balaban J connectivity index is 2.46. The summed E-state index contributed by atoms with van der Waals surface area (Å²) in [5.74, 6) is 0. The van der Waals surface area contributed by atoms with E-state index in [1.165, 1.54) is 30.1 Å². The van der Waals surface area contributed by atoms with E-state index in [1.54, 1.807) is 0 Å². The molecule has 1 aliphatic rings. The molecule has 2 nitrogen and oxygen atoms in total. The quantitative estimate of drug-likeness (QED) is 0.479. The lowest BCUT2D eigenvalue weighted by Crippen LogP contribution is -2.44. The Morgan fingerprint density at radius 3 is 2.89 bits per heavy atom. The lowest BCUT2D eigenvalue weighted by atomic mass is 10.1. The van der Waals surface area contributed by atoms with Crippen LogP contribution in [0.1, 0.15) is 24.4 Å². The summed E-state index contributed by atoms with van der Waals surface area (Å²) in [4.78, 5) is 6.76. The van der Waals surface area contributed by atoms with Crippen molar-refractivity contribution in [1.29, 1.82) is 0 Å². The molecule has 0 radical (unpaired) electrons. The maximum atomic E-state index is 6.14. The van der Waals surface area contributed by atoms with Crippen LogP contribution >= 0.6 is 11.6 Å². The van der Waals surface area contributed by atoms with Gasteiger partial charge in [0, 0.05) is 12.2 Å². The van der Waals surface area contributed by atoms with E-state index < -0.39 is 8.07 Å². The molecule has 2 heterocycles. The number of likely N-dealkylation sites (tertiary alicyclic amines) is 1. The van der Waals surface area contributed by atoms with Crippen LogP contribution in [0.2, 0.25) is 24.3 Å². The van der Waals surface area contributed by atoms with Crippen LogP contribution in [0.4, 0.5) is 0 Å². The van der Waals surface area contributed by atoms with Crippen LogP contribution in [0.25, 0.3) is 0 Å². The van der Waals surface area contributed by atoms with Gasteiger partial charge in [0.2, 0.25) is 0 Å². The summed E-state index contributed by atoms with van der Waals surface area (Å²) in [5, 5.41) is 2.06. The standard InChI is InChI=1S/C15H23ClN2Si/c1-5-9-19(3,4)14-10-15(16)17-11-12(14)13-7-6-8-18(13)2/h5,10-11,13H,1,6-9H2,2-4H3/t13-/m0/s1. The van der Waals surface area contributed by atoms with Crippen molar-refractivity contribution in [3.8, 4) is 0 Å². The highest BCUT2D eigenvalue weighted by atomic mass is 35.5. The minimum absolute atomic E-state index is 0.511. The fourth-order valence-electron chi connectivity index (χ4n) is 3.07. The van der Waals surface area contributed by atoms with Gasteiger partial charge in [0.05, 0.1) is 8.07 Å². The molecule has 4 heteroatoms. The second-order valence-corrected chi connectivity index (χ2v) is 11.2. The summed E-state index contributed by atoms with van der Waals surface area (Å²) >= 11 is 6.14. The fraction of sp³-hybridized carbons (Fsp3) is 0.533. The molecule has 0 spiro atoms. The first-order valence-corrected chi connectivity index (χ1v) is 10.5. The number of hydrogen-bond donors (Lipinski definition) is 0. The summed E-state index contributed by atoms with van der Waals surface area (Å²) in [6.07, 6.45) is 6.54. The molecule has 0 saturated carbocycles. The van der Waals surface area contributed by atoms with Gasteiger partial charge in [-0.1, -0.05) is 36.0 Å². The molecule has 2 rings (SSSR count). The van der Waals surface area contributed by atoms with Crippen molar-refractivity contribution in [1.82, 2.24) is 9.88 Å². The van der Waals surface area contributed by atoms with Crippen LogP contribution in [-0.2, 0) is 0 Å². The van der Waals surface area contributed by atoms with Crippen LogP contribution in [0.15, 0.2) is 24.9 Å². The molecule has 0 bridgehead atoms. The van der Waals surface area contributed by atoms with Gasteiger partial charge < -0.3 is 0 Å². The van der Waals surface area contributed by atoms with E-state index in [0.717, 1.165) is 6.04 Å². The number of rotatable bonds is 4. The normalized spacial score (nSPS) is 20.7. The first-order valence-electron chi connectivity index (χ1n) is 6.93. The van der Waals surface area contributed by atoms with Gasteiger partial charge in [0.15, 0.2) is 0 Å². The van der Waals surface area contributed by atoms with Crippen molar-refractivity contribution in [3.05, 3.63) is 35.6 Å². The van der Waals surface area contributed by atoms with Gasteiger partial charge in [-0.2, -0.15) is 0 Å². The smallest absolute Gasteiger partial charge is 0.128 e. The first-order chi connectivity index (χ1) is 8.95. The van der Waals surface area contributed by atoms with E-state index in [9.17, 15) is 0 Å². The summed E-state index contributed by atoms with van der Waals surface area (Å²) < 4.78 is 0. The van der Waals surface area contributed by atoms with E-state index in [2.05, 4.69) is 42.7 Å². The Hall–Kier alpha value is -0.643. The predicted octanol–water partition coefficient (Wildman–Crippen LogP) is 3.60. The largest absolute Gasteiger partial charge is 0.299 e. The Morgan fingerprint density at radius 1 is 1.58 bits per heavy atom. The fourth-order valence-corrected chi connectivity index (χ4v) is 5.80. The number of nitrogens with zero attached hydrogens (tertiary/aromatic N) is 2. The zero-order chi connectivity index (χ0) is 14.0. The molecule has 0 aromatic carbocycles. The number of aromatic nitrogens is 1. The van der Waals surface area contributed by atoms with Crippen LogP contribution < -0.4 is 5.19 Å². The monoisotopic (exact) mass is 294 g/mol. The summed E-state index contributed by atoms with van der Waals surface area (Å²) in [6, 6.07) is 3.69. The van der Waals surface area contributed by atoms with Gasteiger partial charge in [-0.3, -0.25) is 4.90 Å². The average molecular weight is 295 g/mol. The van der Waals surface area contributed by atoms with Crippen LogP contribution in [0.3, 0.4) is 0 Å². The molecule has 0 N–H and O–H groups in total. The lowest BCUT2D eigenvalue weighted by molar-refractivity contribution is 0.318. The zero-order valence-electron chi connectivity index (χ0n) is 12.1. The Bertz CT molecular complexity index is 473. The number of halogens is 1. The lowest BCUT2D eigenvalue weighted by Gasteiger charge is -2.29. The maximum Gasteiger partial charge on any atom is 0.128 e. The molecule has 19 heavy (non-hydrogen) atoms. The second kappa shape index (κ2) is 5.78. The first kappa shape index (κ1) is 14.8. The highest BCUT2D eigenvalue weighted by molar-refractivity contribution is 6.90. The maximum absolute atomic E-state index is 6.14. The third kappa shape index (κ3) is 3.10. The molecule has 1 aromatic rings. The van der Waals surface area contributed by atoms with Crippen molar-refractivity contribution in [2.45, 2.75) is 38.0 Å². The third-order valence-corrected chi connectivity index (χ3v) is 7.57. The summed E-state index contributed by atoms with van der Waals surface area (Å²) in [6.45, 7) is 9.86. The van der Waals surface area contributed by atoms with E-state index >= 15 is 0 Å². The molecule has 1 fully saturated rings. The van der Waals surface area contributed by atoms with Crippen molar-refractivity contribution in [2.24, 2.45) is 0 Å². The minimum atomic E-state index is -1.52. The van der Waals surface area contributed by atoms with Crippen molar-refractivity contribution in [3.63, 3.8) is 0 Å². The Morgan fingerprint density at radius 2 is 2.32 bits per heavy atom. The molecule has 0 unspecified atom stereocenters. The average Bonchev–Trinajstić information content (AvgIpc) is 2.75. The van der Waals surface area contributed by atoms with Gasteiger partial charge in [-0.25, -0.2) is 4.98 Å². The highest BCUT2D eigenvalue weighted by Crippen LogP contribution is 2.31. The molecule has 0 aliphatic carbocycles. The summed E-state index contributed by atoms with van der Waals surface area (Å²) in [7, 11) is 0.685. The van der Waals surface area contributed by atoms with E-state index in [1.807, 2.05) is 12.3 Å². The topological polar surface area (TPSA) is 16.1 Å². The third-order valence-electron chi connectivity index (χ3n) is 4.16. The van der Waals surface area contributed by atoms with Gasteiger partial charge >= 0.3 is 0 Å². The van der Waals surface area contributed by atoms with Crippen molar-refractivity contribution in [2.75, 3.05) is 13.6 Å². The van der Waals surface area contributed by atoms with Crippen molar-refractivity contribution >= 4 is 24.9 Å². The Kier molecular flexibility index (Phi) is 4.49. The Labute approximate surface area is 122 Å². The zero-order valence-corrected chi connectivity index (χ0v) is 13.9. The van der Waals surface area contributed by atoms with E-state index in [-0.39, 0.29) is 0 Å². The number of allylic oxidation sites excluding steroid dienone is 1. The SMILES string of the molecule is C=CC[Si](C)(C)c1cc(Cl)ncc1[C@@H]1CCCN1C. The van der Waals surface area contributed by atoms with Gasteiger partial charge in [0.25, 0.3) is 0 Å². The van der Waals surface area contributed by atoms with Gasteiger partial charge in [0.1, 0.15) is 5.15 Å². The molecular formula is C15H23ClN2Si. The van der Waals surface area contributed by atoms with E-state index in [0.29, 0.717) is 11.2 Å². The van der Waals surface area contributed by atoms with Gasteiger partial charge in [-0.15, -0.1) is 6.58 Å². The molecule has 0 amide bonds. The van der Waals surface area contributed by atoms with Crippen LogP contribution in [0.5, 0.6) is 0 Å². The highest BCUT2D eigenvalue weighted by Gasteiger charge is 2.31. The molecule has 1 saturated heterocycles. The van der Waals surface area contributed by atoms with Crippen molar-refractivity contribution < 1.29 is 0 Å². The van der Waals surface area contributed by atoms with E-state index in [4.69, 9.17) is 11.6 Å². The van der Waals surface area contributed by atoms with Gasteiger partial charge in [-0.05, 0) is 44.1 Å². The minimum Gasteiger partial charge on any atom is -0.299 e. The second-order valence-electron chi connectivity index (χ2n) is 6.11. The van der Waals surface area contributed by atoms with Crippen LogP contribution in [-0.4, -0.2) is 31.6 Å². The number of hydrogen-bond acceptors (Lipinski definition) is 2. The molecular weight excluding hydrogens is 272 g/mol. The molecule has 104 valence electrons. The molecule has 1 atom stereocenters. The predicted molar refractivity (Wildman–Crippen MR) is 86.0 cm³/mol. The van der Waals surface area contributed by atoms with Crippen LogP contribution in [0, 0.1) is 0 Å². The summed E-state index contributed by atoms with van der Waals surface area (Å²) in [5.41, 5.74) is 1.39. The number of pyridine rings is 1. The molecule has 1 aliphatic heterocycles.